The molecule has 0 radical (unpaired) electrons. The Morgan fingerprint density at radius 1 is 1.32 bits per heavy atom. The molecule has 2 heterocycles. The van der Waals surface area contributed by atoms with Gasteiger partial charge >= 0.3 is 0 Å². The van der Waals surface area contributed by atoms with Gasteiger partial charge in [-0.15, -0.1) is 10.2 Å². The maximum absolute atomic E-state index is 8.92. The maximum atomic E-state index is 8.92. The molecule has 7 nitrogen and oxygen atoms in total. The van der Waals surface area contributed by atoms with E-state index in [0.717, 1.165) is 5.56 Å². The van der Waals surface area contributed by atoms with Crippen LogP contribution >= 0.6 is 0 Å². The van der Waals surface area contributed by atoms with Gasteiger partial charge in [0.15, 0.2) is 5.82 Å². The number of pyridine rings is 1. The van der Waals surface area contributed by atoms with Crippen LogP contribution in [0.2, 0.25) is 0 Å². The van der Waals surface area contributed by atoms with E-state index in [1.165, 1.54) is 0 Å². The maximum Gasteiger partial charge on any atom is 0.193 e. The standard InChI is InChI=1S/C12H18N6O/c1-12(2,3)18-16-11(15-17-18)7-14-10-5-4-9(8-19)6-13-10/h4-6,19H,7-8H2,1-3H3,(H,13,14). The lowest BCUT2D eigenvalue weighted by Crippen LogP contribution is -2.24. The fourth-order valence-corrected chi connectivity index (χ4v) is 1.39. The Balaban J connectivity index is 1.96. The van der Waals surface area contributed by atoms with Gasteiger partial charge in [-0.05, 0) is 37.6 Å². The van der Waals surface area contributed by atoms with Crippen LogP contribution in [0, 0.1) is 0 Å². The number of hydrogen-bond donors (Lipinski definition) is 2. The van der Waals surface area contributed by atoms with Crippen molar-refractivity contribution >= 4 is 5.82 Å². The average molecular weight is 262 g/mol. The predicted octanol–water partition coefficient (Wildman–Crippen LogP) is 0.927. The third kappa shape index (κ3) is 3.47. The van der Waals surface area contributed by atoms with Crippen LogP contribution in [0.25, 0.3) is 0 Å². The summed E-state index contributed by atoms with van der Waals surface area (Å²) in [5.41, 5.74) is 0.606. The Morgan fingerprint density at radius 2 is 2.11 bits per heavy atom. The second kappa shape index (κ2) is 5.31. The van der Waals surface area contributed by atoms with Crippen molar-refractivity contribution in [1.29, 1.82) is 0 Å². The monoisotopic (exact) mass is 262 g/mol. The minimum Gasteiger partial charge on any atom is -0.392 e. The molecule has 0 saturated carbocycles. The molecule has 2 aromatic heterocycles. The molecule has 0 amide bonds. The summed E-state index contributed by atoms with van der Waals surface area (Å²) in [5.74, 6) is 1.33. The van der Waals surface area contributed by atoms with Gasteiger partial charge in [0.2, 0.25) is 0 Å². The minimum atomic E-state index is -0.174. The first-order valence-electron chi connectivity index (χ1n) is 6.08. The van der Waals surface area contributed by atoms with Crippen molar-refractivity contribution in [2.75, 3.05) is 5.32 Å². The van der Waals surface area contributed by atoms with Crippen LogP contribution in [0.1, 0.15) is 32.2 Å². The first-order chi connectivity index (χ1) is 8.99. The fraction of sp³-hybridized carbons (Fsp3) is 0.500. The van der Waals surface area contributed by atoms with Crippen molar-refractivity contribution in [3.63, 3.8) is 0 Å². The molecule has 102 valence electrons. The Morgan fingerprint density at radius 3 is 2.63 bits per heavy atom. The molecular weight excluding hydrogens is 244 g/mol. The zero-order chi connectivity index (χ0) is 13.9. The normalized spacial score (nSPS) is 11.6. The number of aliphatic hydroxyl groups excluding tert-OH is 1. The van der Waals surface area contributed by atoms with Gasteiger partial charge in [-0.2, -0.15) is 4.80 Å². The summed E-state index contributed by atoms with van der Waals surface area (Å²) in [6.07, 6.45) is 1.63. The highest BCUT2D eigenvalue weighted by molar-refractivity contribution is 5.35. The third-order valence-electron chi connectivity index (χ3n) is 2.49. The zero-order valence-corrected chi connectivity index (χ0v) is 11.3. The summed E-state index contributed by atoms with van der Waals surface area (Å²) in [4.78, 5) is 5.76. The lowest BCUT2D eigenvalue weighted by atomic mass is 10.1. The van der Waals surface area contributed by atoms with Crippen LogP contribution in [-0.4, -0.2) is 30.3 Å². The molecule has 0 saturated heterocycles. The number of anilines is 1. The van der Waals surface area contributed by atoms with Crippen molar-refractivity contribution < 1.29 is 5.11 Å². The first-order valence-corrected chi connectivity index (χ1v) is 6.08. The highest BCUT2D eigenvalue weighted by Crippen LogP contribution is 2.10. The number of aromatic nitrogens is 5. The SMILES string of the molecule is CC(C)(C)n1nnc(CNc2ccc(CO)cn2)n1. The molecule has 0 atom stereocenters. The molecule has 0 aliphatic carbocycles. The molecule has 0 fully saturated rings. The third-order valence-corrected chi connectivity index (χ3v) is 2.49. The van der Waals surface area contributed by atoms with Crippen molar-refractivity contribution in [3.05, 3.63) is 29.7 Å². The molecule has 2 N–H and O–H groups in total. The lowest BCUT2D eigenvalue weighted by molar-refractivity contribution is 0.281. The highest BCUT2D eigenvalue weighted by atomic mass is 16.3. The van der Waals surface area contributed by atoms with Gasteiger partial charge in [0.1, 0.15) is 5.82 Å². The van der Waals surface area contributed by atoms with E-state index in [4.69, 9.17) is 5.11 Å². The van der Waals surface area contributed by atoms with Crippen LogP contribution in [0.5, 0.6) is 0 Å². The fourth-order valence-electron chi connectivity index (χ4n) is 1.39. The molecule has 0 spiro atoms. The predicted molar refractivity (Wildman–Crippen MR) is 70.3 cm³/mol. The van der Waals surface area contributed by atoms with E-state index in [0.29, 0.717) is 18.2 Å². The van der Waals surface area contributed by atoms with Crippen molar-refractivity contribution in [2.45, 2.75) is 39.5 Å². The van der Waals surface area contributed by atoms with Crippen LogP contribution in [0.4, 0.5) is 5.82 Å². The van der Waals surface area contributed by atoms with E-state index >= 15 is 0 Å². The molecule has 0 unspecified atom stereocenters. The van der Waals surface area contributed by atoms with Crippen molar-refractivity contribution in [1.82, 2.24) is 25.2 Å². The van der Waals surface area contributed by atoms with Gasteiger partial charge in [-0.25, -0.2) is 4.98 Å². The number of hydrogen-bond acceptors (Lipinski definition) is 6. The molecule has 0 bridgehead atoms. The molecule has 0 aromatic carbocycles. The van der Waals surface area contributed by atoms with E-state index in [2.05, 4.69) is 25.7 Å². The van der Waals surface area contributed by atoms with Crippen molar-refractivity contribution in [2.24, 2.45) is 0 Å². The van der Waals surface area contributed by atoms with E-state index in [-0.39, 0.29) is 12.1 Å². The minimum absolute atomic E-state index is 0.00521. The van der Waals surface area contributed by atoms with E-state index in [1.54, 1.807) is 17.1 Å². The molecule has 0 aliphatic heterocycles. The van der Waals surface area contributed by atoms with E-state index in [9.17, 15) is 0 Å². The van der Waals surface area contributed by atoms with Gasteiger partial charge in [0, 0.05) is 6.20 Å². The van der Waals surface area contributed by atoms with Gasteiger partial charge in [-0.3, -0.25) is 0 Å². The quantitative estimate of drug-likeness (QED) is 0.852. The summed E-state index contributed by atoms with van der Waals surface area (Å²) >= 11 is 0. The molecule has 2 rings (SSSR count). The second-order valence-electron chi connectivity index (χ2n) is 5.23. The van der Waals surface area contributed by atoms with Gasteiger partial charge in [-0.1, -0.05) is 6.07 Å². The number of nitrogens with zero attached hydrogens (tertiary/aromatic N) is 5. The number of aliphatic hydroxyl groups is 1. The Hall–Kier alpha value is -2.02. The number of tetrazole rings is 1. The summed E-state index contributed by atoms with van der Waals surface area (Å²) < 4.78 is 0. The van der Waals surface area contributed by atoms with Gasteiger partial charge < -0.3 is 10.4 Å². The van der Waals surface area contributed by atoms with Crippen LogP contribution in [-0.2, 0) is 18.7 Å². The van der Waals surface area contributed by atoms with Crippen LogP contribution in [0.3, 0.4) is 0 Å². The Kier molecular flexibility index (Phi) is 3.75. The Bertz CT molecular complexity index is 528. The zero-order valence-electron chi connectivity index (χ0n) is 11.3. The van der Waals surface area contributed by atoms with Gasteiger partial charge in [0.25, 0.3) is 0 Å². The first kappa shape index (κ1) is 13.4. The van der Waals surface area contributed by atoms with Gasteiger partial charge in [0.05, 0.1) is 18.7 Å². The molecule has 0 aliphatic rings. The van der Waals surface area contributed by atoms with Crippen LogP contribution < -0.4 is 5.32 Å². The van der Waals surface area contributed by atoms with E-state index in [1.807, 2.05) is 26.8 Å². The summed E-state index contributed by atoms with van der Waals surface area (Å²) in [5, 5.41) is 24.3. The summed E-state index contributed by atoms with van der Waals surface area (Å²) in [6.45, 7) is 6.50. The average Bonchev–Trinajstić information content (AvgIpc) is 2.86. The topological polar surface area (TPSA) is 88.8 Å². The number of rotatable bonds is 4. The van der Waals surface area contributed by atoms with Crippen molar-refractivity contribution in [3.8, 4) is 0 Å². The number of nitrogens with one attached hydrogen (secondary N) is 1. The largest absolute Gasteiger partial charge is 0.392 e. The molecule has 19 heavy (non-hydrogen) atoms. The van der Waals surface area contributed by atoms with Crippen LogP contribution in [0.15, 0.2) is 18.3 Å². The summed E-state index contributed by atoms with van der Waals surface area (Å²) in [7, 11) is 0. The summed E-state index contributed by atoms with van der Waals surface area (Å²) in [6, 6.07) is 3.62. The smallest absolute Gasteiger partial charge is 0.193 e. The molecule has 2 aromatic rings. The highest BCUT2D eigenvalue weighted by Gasteiger charge is 2.16. The second-order valence-corrected chi connectivity index (χ2v) is 5.23. The Labute approximate surface area is 111 Å². The van der Waals surface area contributed by atoms with E-state index < -0.39 is 0 Å². The lowest BCUT2D eigenvalue weighted by Gasteiger charge is -2.15. The molecule has 7 heteroatoms. The molecular formula is C12H18N6O.